The summed E-state index contributed by atoms with van der Waals surface area (Å²) in [7, 11) is 0. The Bertz CT molecular complexity index is 524. The molecule has 0 atom stereocenters. The van der Waals surface area contributed by atoms with E-state index < -0.39 is 0 Å². The van der Waals surface area contributed by atoms with E-state index >= 15 is 0 Å². The fourth-order valence-corrected chi connectivity index (χ4v) is 2.37. The van der Waals surface area contributed by atoms with Gasteiger partial charge in [-0.2, -0.15) is 0 Å². The van der Waals surface area contributed by atoms with Crippen LogP contribution >= 0.6 is 0 Å². The van der Waals surface area contributed by atoms with Gasteiger partial charge < -0.3 is 0 Å². The Labute approximate surface area is 171 Å². The van der Waals surface area contributed by atoms with Crippen LogP contribution in [0.3, 0.4) is 0 Å². The van der Waals surface area contributed by atoms with Crippen molar-refractivity contribution in [2.24, 2.45) is 10.8 Å². The summed E-state index contributed by atoms with van der Waals surface area (Å²) in [6.45, 7) is 21.7. The second-order valence-electron chi connectivity index (χ2n) is 8.77. The SMILES string of the molecule is CC.CC.CC(C)(C)CCc1ccccc1.CC(C)(C)Cc1ccccc1. The molecule has 2 aromatic rings. The highest BCUT2D eigenvalue weighted by Crippen LogP contribution is 2.21. The number of hydrogen-bond acceptors (Lipinski definition) is 0. The Morgan fingerprint density at radius 2 is 0.889 bits per heavy atom. The summed E-state index contributed by atoms with van der Waals surface area (Å²) in [6.07, 6.45) is 3.62. The van der Waals surface area contributed by atoms with Crippen molar-refractivity contribution in [3.05, 3.63) is 71.8 Å². The highest BCUT2D eigenvalue weighted by atomic mass is 14.2. The molecule has 2 aromatic carbocycles. The van der Waals surface area contributed by atoms with Gasteiger partial charge in [-0.05, 0) is 41.2 Å². The number of hydrogen-bond donors (Lipinski definition) is 0. The zero-order valence-electron chi connectivity index (χ0n) is 19.9. The minimum atomic E-state index is 0.404. The summed E-state index contributed by atoms with van der Waals surface area (Å²) in [5.74, 6) is 0. The number of benzene rings is 2. The highest BCUT2D eigenvalue weighted by Gasteiger charge is 2.10. The molecule has 0 aromatic heterocycles. The molecule has 0 aliphatic rings. The van der Waals surface area contributed by atoms with Gasteiger partial charge in [0.2, 0.25) is 0 Å². The van der Waals surface area contributed by atoms with Crippen LogP contribution < -0.4 is 0 Å². The van der Waals surface area contributed by atoms with E-state index in [0.29, 0.717) is 10.8 Å². The summed E-state index contributed by atoms with van der Waals surface area (Å²) < 4.78 is 0. The van der Waals surface area contributed by atoms with Gasteiger partial charge in [0.15, 0.2) is 0 Å². The van der Waals surface area contributed by atoms with Crippen molar-refractivity contribution >= 4 is 0 Å². The van der Waals surface area contributed by atoms with Crippen molar-refractivity contribution < 1.29 is 0 Å². The fraction of sp³-hybridized carbons (Fsp3) is 0.556. The van der Waals surface area contributed by atoms with Crippen molar-refractivity contribution in [1.29, 1.82) is 0 Å². The Kier molecular flexibility index (Phi) is 15.9. The monoisotopic (exact) mass is 370 g/mol. The van der Waals surface area contributed by atoms with Crippen LogP contribution in [-0.2, 0) is 12.8 Å². The lowest BCUT2D eigenvalue weighted by Gasteiger charge is -2.17. The molecule has 0 aliphatic heterocycles. The Morgan fingerprint density at radius 1 is 0.519 bits per heavy atom. The maximum Gasteiger partial charge on any atom is -0.0230 e. The standard InChI is InChI=1S/C12H18.C11H16.2C2H6/c1-12(2,3)10-9-11-7-5-4-6-8-11;1-11(2,3)9-10-7-5-4-6-8-10;2*1-2/h4-8H,9-10H2,1-3H3;4-8H,9H2,1-3H3;2*1-2H3. The summed E-state index contributed by atoms with van der Waals surface area (Å²) in [5.41, 5.74) is 3.74. The molecule has 27 heavy (non-hydrogen) atoms. The quantitative estimate of drug-likeness (QED) is 0.505. The number of rotatable bonds is 3. The normalized spacial score (nSPS) is 10.3. The van der Waals surface area contributed by atoms with Crippen molar-refractivity contribution in [1.82, 2.24) is 0 Å². The van der Waals surface area contributed by atoms with Gasteiger partial charge in [-0.25, -0.2) is 0 Å². The predicted octanol–water partition coefficient (Wildman–Crippen LogP) is 8.99. The first-order valence-corrected chi connectivity index (χ1v) is 10.7. The minimum absolute atomic E-state index is 0.404. The predicted molar refractivity (Wildman–Crippen MR) is 127 cm³/mol. The third-order valence-corrected chi connectivity index (χ3v) is 3.58. The van der Waals surface area contributed by atoms with E-state index in [0.717, 1.165) is 6.42 Å². The molecule has 0 saturated heterocycles. The zero-order valence-corrected chi connectivity index (χ0v) is 19.9. The van der Waals surface area contributed by atoms with Gasteiger partial charge in [0.25, 0.3) is 0 Å². The molecule has 0 amide bonds. The van der Waals surface area contributed by atoms with Crippen LogP contribution in [0.15, 0.2) is 60.7 Å². The molecule has 0 unspecified atom stereocenters. The molecule has 0 nitrogen and oxygen atoms in total. The molecular weight excluding hydrogens is 324 g/mol. The minimum Gasteiger partial charge on any atom is -0.0683 e. The average Bonchev–Trinajstić information content (AvgIpc) is 2.64. The summed E-state index contributed by atoms with van der Waals surface area (Å²) in [6, 6.07) is 21.3. The molecule has 0 heteroatoms. The van der Waals surface area contributed by atoms with Crippen LogP contribution in [0.25, 0.3) is 0 Å². The van der Waals surface area contributed by atoms with E-state index in [1.807, 2.05) is 27.7 Å². The van der Waals surface area contributed by atoms with Crippen LogP contribution in [-0.4, -0.2) is 0 Å². The average molecular weight is 371 g/mol. The molecule has 0 aliphatic carbocycles. The van der Waals surface area contributed by atoms with Crippen LogP contribution in [0.2, 0.25) is 0 Å². The molecule has 0 saturated carbocycles. The van der Waals surface area contributed by atoms with Gasteiger partial charge in [-0.3, -0.25) is 0 Å². The maximum atomic E-state index is 2.29. The topological polar surface area (TPSA) is 0 Å². The summed E-state index contributed by atoms with van der Waals surface area (Å²) in [4.78, 5) is 0. The van der Waals surface area contributed by atoms with Gasteiger partial charge in [-0.1, -0.05) is 130 Å². The third kappa shape index (κ3) is 19.0. The lowest BCUT2D eigenvalue weighted by atomic mass is 9.88. The first kappa shape index (κ1) is 27.7. The molecule has 0 fully saturated rings. The van der Waals surface area contributed by atoms with E-state index in [1.165, 1.54) is 24.0 Å². The van der Waals surface area contributed by atoms with Gasteiger partial charge >= 0.3 is 0 Å². The second kappa shape index (κ2) is 15.5. The van der Waals surface area contributed by atoms with Crippen LogP contribution in [0, 0.1) is 10.8 Å². The summed E-state index contributed by atoms with van der Waals surface area (Å²) >= 11 is 0. The van der Waals surface area contributed by atoms with Crippen molar-refractivity contribution in [2.75, 3.05) is 0 Å². The lowest BCUT2D eigenvalue weighted by molar-refractivity contribution is 0.378. The van der Waals surface area contributed by atoms with E-state index in [2.05, 4.69) is 102 Å². The largest absolute Gasteiger partial charge is 0.0683 e. The van der Waals surface area contributed by atoms with Gasteiger partial charge in [0, 0.05) is 0 Å². The molecule has 0 spiro atoms. The molecule has 154 valence electrons. The van der Waals surface area contributed by atoms with E-state index in [4.69, 9.17) is 0 Å². The molecule has 0 radical (unpaired) electrons. The number of aryl methyl sites for hydroxylation is 1. The van der Waals surface area contributed by atoms with Crippen LogP contribution in [0.5, 0.6) is 0 Å². The molecule has 0 bridgehead atoms. The second-order valence-corrected chi connectivity index (χ2v) is 8.77. The molecule has 0 heterocycles. The van der Waals surface area contributed by atoms with E-state index in [1.54, 1.807) is 0 Å². The van der Waals surface area contributed by atoms with Crippen molar-refractivity contribution in [3.63, 3.8) is 0 Å². The van der Waals surface area contributed by atoms with E-state index in [9.17, 15) is 0 Å². The van der Waals surface area contributed by atoms with Crippen LogP contribution in [0.4, 0.5) is 0 Å². The third-order valence-electron chi connectivity index (χ3n) is 3.58. The molecule has 2 rings (SSSR count). The smallest absolute Gasteiger partial charge is 0.0230 e. The molecule has 0 N–H and O–H groups in total. The first-order chi connectivity index (χ1) is 12.7. The van der Waals surface area contributed by atoms with Gasteiger partial charge in [0.1, 0.15) is 0 Å². The van der Waals surface area contributed by atoms with E-state index in [-0.39, 0.29) is 0 Å². The summed E-state index contributed by atoms with van der Waals surface area (Å²) in [5, 5.41) is 0. The Morgan fingerprint density at radius 3 is 1.22 bits per heavy atom. The van der Waals surface area contributed by atoms with Crippen molar-refractivity contribution in [3.8, 4) is 0 Å². The van der Waals surface area contributed by atoms with Gasteiger partial charge in [-0.15, -0.1) is 0 Å². The Hall–Kier alpha value is -1.56. The fourth-order valence-electron chi connectivity index (χ4n) is 2.37. The lowest BCUT2D eigenvalue weighted by Crippen LogP contribution is -2.08. The zero-order chi connectivity index (χ0) is 21.3. The molecular formula is C27H46. The van der Waals surface area contributed by atoms with Crippen LogP contribution in [0.1, 0.15) is 86.8 Å². The first-order valence-electron chi connectivity index (χ1n) is 10.7. The van der Waals surface area contributed by atoms with Crippen molar-refractivity contribution in [2.45, 2.75) is 88.5 Å². The Balaban J connectivity index is 0. The highest BCUT2D eigenvalue weighted by molar-refractivity contribution is 5.16. The maximum absolute atomic E-state index is 2.29. The van der Waals surface area contributed by atoms with Gasteiger partial charge in [0.05, 0.1) is 0 Å².